The van der Waals surface area contributed by atoms with Gasteiger partial charge in [0.1, 0.15) is 5.75 Å². The van der Waals surface area contributed by atoms with E-state index in [1.807, 2.05) is 0 Å². The number of esters is 1. The first-order chi connectivity index (χ1) is 8.10. The number of rotatable bonds is 4. The van der Waals surface area contributed by atoms with Gasteiger partial charge in [0, 0.05) is 11.1 Å². The molecule has 0 saturated heterocycles. The minimum atomic E-state index is -0.352. The van der Waals surface area contributed by atoms with Gasteiger partial charge >= 0.3 is 5.97 Å². The molecule has 92 valence electrons. The lowest BCUT2D eigenvalue weighted by molar-refractivity contribution is -0.138. The highest BCUT2D eigenvalue weighted by Gasteiger charge is 2.09. The summed E-state index contributed by atoms with van der Waals surface area (Å²) in [5.74, 6) is 0.274. The van der Waals surface area contributed by atoms with E-state index in [4.69, 9.17) is 21.1 Å². The molecule has 0 spiro atoms. The molecule has 1 rings (SSSR count). The molecule has 0 N–H and O–H groups in total. The fourth-order valence-electron chi connectivity index (χ4n) is 1.36. The maximum absolute atomic E-state index is 11.5. The first-order valence-electron chi connectivity index (χ1n) is 5.28. The zero-order valence-electron chi connectivity index (χ0n) is 10.1. The average molecular weight is 255 g/mol. The monoisotopic (exact) mass is 254 g/mol. The van der Waals surface area contributed by atoms with Crippen molar-refractivity contribution in [3.63, 3.8) is 0 Å². The molecular weight excluding hydrogens is 240 g/mol. The van der Waals surface area contributed by atoms with Crippen LogP contribution >= 0.6 is 11.6 Å². The van der Waals surface area contributed by atoms with Gasteiger partial charge in [0.15, 0.2) is 0 Å². The number of carbonyl (C=O) groups excluding carboxylic acids is 1. The van der Waals surface area contributed by atoms with E-state index in [0.717, 1.165) is 0 Å². The fourth-order valence-corrected chi connectivity index (χ4v) is 1.58. The Morgan fingerprint density at radius 1 is 1.47 bits per heavy atom. The van der Waals surface area contributed by atoms with E-state index in [2.05, 4.69) is 0 Å². The predicted molar refractivity (Wildman–Crippen MR) is 68.3 cm³/mol. The van der Waals surface area contributed by atoms with Crippen molar-refractivity contribution in [1.82, 2.24) is 0 Å². The number of hydrogen-bond acceptors (Lipinski definition) is 3. The number of methoxy groups -OCH3 is 1. The lowest BCUT2D eigenvalue weighted by atomic mass is 10.1. The summed E-state index contributed by atoms with van der Waals surface area (Å²) < 4.78 is 10.1. The molecule has 0 aliphatic heterocycles. The van der Waals surface area contributed by atoms with Gasteiger partial charge in [0.25, 0.3) is 0 Å². The summed E-state index contributed by atoms with van der Waals surface area (Å²) in [4.78, 5) is 11.5. The Bertz CT molecular complexity index is 438. The van der Waals surface area contributed by atoms with Crippen LogP contribution in [0.25, 0.3) is 6.08 Å². The molecule has 0 radical (unpaired) electrons. The second-order valence-corrected chi connectivity index (χ2v) is 3.81. The van der Waals surface area contributed by atoms with Gasteiger partial charge in [-0.2, -0.15) is 0 Å². The molecule has 0 bridgehead atoms. The highest BCUT2D eigenvalue weighted by atomic mass is 35.5. The van der Waals surface area contributed by atoms with Gasteiger partial charge in [-0.3, -0.25) is 0 Å². The quantitative estimate of drug-likeness (QED) is 0.611. The highest BCUT2D eigenvalue weighted by molar-refractivity contribution is 6.32. The predicted octanol–water partition coefficient (Wildman–Crippen LogP) is 3.32. The average Bonchev–Trinajstić information content (AvgIpc) is 2.31. The Morgan fingerprint density at radius 2 is 2.18 bits per heavy atom. The maximum Gasteiger partial charge on any atom is 0.333 e. The second kappa shape index (κ2) is 6.30. The number of carbonyl (C=O) groups is 1. The Balaban J connectivity index is 3.08. The minimum absolute atomic E-state index is 0.351. The van der Waals surface area contributed by atoms with Gasteiger partial charge in [-0.15, -0.1) is 0 Å². The molecule has 0 saturated carbocycles. The van der Waals surface area contributed by atoms with Crippen LogP contribution in [-0.4, -0.2) is 19.7 Å². The lowest BCUT2D eigenvalue weighted by Gasteiger charge is -2.07. The molecule has 0 amide bonds. The van der Waals surface area contributed by atoms with Crippen molar-refractivity contribution in [2.45, 2.75) is 13.8 Å². The van der Waals surface area contributed by atoms with E-state index in [-0.39, 0.29) is 5.97 Å². The second-order valence-electron chi connectivity index (χ2n) is 3.40. The van der Waals surface area contributed by atoms with Crippen LogP contribution in [0.2, 0.25) is 5.02 Å². The van der Waals surface area contributed by atoms with E-state index in [9.17, 15) is 4.79 Å². The third kappa shape index (κ3) is 3.49. The summed E-state index contributed by atoms with van der Waals surface area (Å²) in [5, 5.41) is 0.535. The van der Waals surface area contributed by atoms with E-state index in [1.54, 1.807) is 45.2 Å². The number of ether oxygens (including phenoxy) is 2. The van der Waals surface area contributed by atoms with Crippen molar-refractivity contribution in [3.8, 4) is 5.75 Å². The summed E-state index contributed by atoms with van der Waals surface area (Å²) in [6.45, 7) is 3.80. The summed E-state index contributed by atoms with van der Waals surface area (Å²) in [7, 11) is 1.56. The van der Waals surface area contributed by atoms with E-state index in [0.29, 0.717) is 28.5 Å². The van der Waals surface area contributed by atoms with Crippen molar-refractivity contribution >= 4 is 23.6 Å². The van der Waals surface area contributed by atoms with Gasteiger partial charge in [0.2, 0.25) is 0 Å². The van der Waals surface area contributed by atoms with Crippen molar-refractivity contribution in [3.05, 3.63) is 34.4 Å². The summed E-state index contributed by atoms with van der Waals surface area (Å²) in [6, 6.07) is 5.32. The number of benzene rings is 1. The van der Waals surface area contributed by atoms with Crippen LogP contribution in [0.1, 0.15) is 19.4 Å². The van der Waals surface area contributed by atoms with Gasteiger partial charge in [-0.25, -0.2) is 4.79 Å². The fraction of sp³-hybridized carbons (Fsp3) is 0.308. The number of hydrogen-bond donors (Lipinski definition) is 0. The smallest absolute Gasteiger partial charge is 0.333 e. The van der Waals surface area contributed by atoms with Crippen LogP contribution in [0.5, 0.6) is 5.75 Å². The molecule has 0 fully saturated rings. The molecule has 17 heavy (non-hydrogen) atoms. The molecule has 0 atom stereocenters. The van der Waals surface area contributed by atoms with E-state index < -0.39 is 0 Å². The van der Waals surface area contributed by atoms with Crippen LogP contribution in [0.4, 0.5) is 0 Å². The molecule has 1 aromatic rings. The highest BCUT2D eigenvalue weighted by Crippen LogP contribution is 2.28. The van der Waals surface area contributed by atoms with Crippen molar-refractivity contribution in [2.24, 2.45) is 0 Å². The van der Waals surface area contributed by atoms with Crippen molar-refractivity contribution in [1.29, 1.82) is 0 Å². The van der Waals surface area contributed by atoms with Gasteiger partial charge < -0.3 is 9.47 Å². The molecule has 0 aromatic heterocycles. The normalized spacial score (nSPS) is 11.2. The molecule has 0 unspecified atom stereocenters. The Morgan fingerprint density at radius 3 is 2.76 bits per heavy atom. The van der Waals surface area contributed by atoms with Crippen LogP contribution in [0, 0.1) is 0 Å². The topological polar surface area (TPSA) is 35.5 Å². The first-order valence-corrected chi connectivity index (χ1v) is 5.65. The first kappa shape index (κ1) is 13.6. The van der Waals surface area contributed by atoms with E-state index in [1.165, 1.54) is 0 Å². The molecule has 4 heteroatoms. The van der Waals surface area contributed by atoms with Crippen molar-refractivity contribution < 1.29 is 14.3 Å². The summed E-state index contributed by atoms with van der Waals surface area (Å²) in [6.07, 6.45) is 1.67. The van der Waals surface area contributed by atoms with Gasteiger partial charge in [0.05, 0.1) is 18.7 Å². The zero-order chi connectivity index (χ0) is 12.8. The lowest BCUT2D eigenvalue weighted by Crippen LogP contribution is -2.05. The minimum Gasteiger partial charge on any atom is -0.496 e. The molecule has 0 aliphatic carbocycles. The molecule has 0 aliphatic rings. The standard InChI is InChI=1S/C13H15ClO3/c1-4-17-13(15)9(2)8-10-11(14)6-5-7-12(10)16-3/h5-8H,4H2,1-3H3/b9-8+. The van der Waals surface area contributed by atoms with Crippen molar-refractivity contribution in [2.75, 3.05) is 13.7 Å². The molecular formula is C13H15ClO3. The zero-order valence-corrected chi connectivity index (χ0v) is 10.9. The van der Waals surface area contributed by atoms with E-state index >= 15 is 0 Å². The summed E-state index contributed by atoms with van der Waals surface area (Å²) in [5.41, 5.74) is 1.17. The summed E-state index contributed by atoms with van der Waals surface area (Å²) >= 11 is 6.06. The molecule has 1 aromatic carbocycles. The molecule has 3 nitrogen and oxygen atoms in total. The van der Waals surface area contributed by atoms with Crippen LogP contribution in [-0.2, 0) is 9.53 Å². The van der Waals surface area contributed by atoms with Gasteiger partial charge in [-0.1, -0.05) is 17.7 Å². The maximum atomic E-state index is 11.5. The Kier molecular flexibility index (Phi) is 5.04. The Labute approximate surface area is 106 Å². The van der Waals surface area contributed by atoms with Crippen LogP contribution < -0.4 is 4.74 Å². The van der Waals surface area contributed by atoms with Gasteiger partial charge in [-0.05, 0) is 32.1 Å². The molecule has 0 heterocycles. The third-order valence-corrected chi connectivity index (χ3v) is 2.52. The Hall–Kier alpha value is -1.48. The van der Waals surface area contributed by atoms with Crippen LogP contribution in [0.15, 0.2) is 23.8 Å². The van der Waals surface area contributed by atoms with Crippen LogP contribution in [0.3, 0.4) is 0 Å². The third-order valence-electron chi connectivity index (χ3n) is 2.19. The SMILES string of the molecule is CCOC(=O)/C(C)=C/c1c(Cl)cccc1OC. The largest absolute Gasteiger partial charge is 0.496 e. The number of halogens is 1.